The number of aromatic nitrogens is 2. The maximum Gasteiger partial charge on any atom is 0.324 e. The van der Waals surface area contributed by atoms with E-state index in [9.17, 15) is 0 Å². The van der Waals surface area contributed by atoms with Crippen molar-refractivity contribution in [1.29, 1.82) is 0 Å². The van der Waals surface area contributed by atoms with E-state index >= 15 is 0 Å². The van der Waals surface area contributed by atoms with Gasteiger partial charge in [0.05, 0.1) is 13.2 Å². The second kappa shape index (κ2) is 5.33. The van der Waals surface area contributed by atoms with E-state index in [2.05, 4.69) is 35.8 Å². The lowest BCUT2D eigenvalue weighted by Crippen LogP contribution is -2.44. The fourth-order valence-corrected chi connectivity index (χ4v) is 2.95. The summed E-state index contributed by atoms with van der Waals surface area (Å²) in [7, 11) is 0. The standard InChI is InChI=1S/C14H23N3O3/c1-10(2)12-15-13(20-16-12)17-6-4-11(5-7-17)14(3)18-8-9-19-14/h10-11H,4-9H2,1-3H3. The second-order valence-corrected chi connectivity index (χ2v) is 6.06. The Balaban J connectivity index is 1.60. The van der Waals surface area contributed by atoms with Crippen LogP contribution in [0.5, 0.6) is 0 Å². The minimum Gasteiger partial charge on any atom is -0.348 e. The van der Waals surface area contributed by atoms with E-state index in [1.165, 1.54) is 0 Å². The number of anilines is 1. The first-order valence-corrected chi connectivity index (χ1v) is 7.45. The molecular formula is C14H23N3O3. The molecular weight excluding hydrogens is 258 g/mol. The summed E-state index contributed by atoms with van der Waals surface area (Å²) in [4.78, 5) is 6.62. The predicted molar refractivity (Wildman–Crippen MR) is 73.6 cm³/mol. The summed E-state index contributed by atoms with van der Waals surface area (Å²) in [5.41, 5.74) is 0. The van der Waals surface area contributed by atoms with Crippen molar-refractivity contribution in [1.82, 2.24) is 10.1 Å². The molecule has 2 saturated heterocycles. The molecule has 0 bridgehead atoms. The van der Waals surface area contributed by atoms with Crippen LogP contribution in [-0.2, 0) is 9.47 Å². The molecule has 2 aliphatic heterocycles. The number of nitrogens with zero attached hydrogens (tertiary/aromatic N) is 3. The summed E-state index contributed by atoms with van der Waals surface area (Å²) in [6, 6.07) is 0.644. The van der Waals surface area contributed by atoms with Crippen LogP contribution >= 0.6 is 0 Å². The average molecular weight is 281 g/mol. The third-order valence-electron chi connectivity index (χ3n) is 4.32. The molecule has 1 aromatic heterocycles. The monoisotopic (exact) mass is 281 g/mol. The predicted octanol–water partition coefficient (Wildman–Crippen LogP) is 2.17. The lowest BCUT2D eigenvalue weighted by Gasteiger charge is -2.38. The van der Waals surface area contributed by atoms with Gasteiger partial charge in [-0.15, -0.1) is 0 Å². The molecule has 1 aromatic rings. The fraction of sp³-hybridized carbons (Fsp3) is 0.857. The van der Waals surface area contributed by atoms with Crippen molar-refractivity contribution in [3.8, 4) is 0 Å². The third-order valence-corrected chi connectivity index (χ3v) is 4.32. The molecule has 0 unspecified atom stereocenters. The van der Waals surface area contributed by atoms with E-state index in [4.69, 9.17) is 14.0 Å². The van der Waals surface area contributed by atoms with Crippen molar-refractivity contribution in [2.75, 3.05) is 31.2 Å². The van der Waals surface area contributed by atoms with Crippen molar-refractivity contribution in [2.24, 2.45) is 5.92 Å². The van der Waals surface area contributed by atoms with Crippen molar-refractivity contribution in [3.63, 3.8) is 0 Å². The van der Waals surface area contributed by atoms with Gasteiger partial charge in [0, 0.05) is 24.9 Å². The van der Waals surface area contributed by atoms with E-state index in [0.717, 1.165) is 31.8 Å². The normalized spacial score (nSPS) is 23.7. The minimum absolute atomic E-state index is 0.296. The van der Waals surface area contributed by atoms with Gasteiger partial charge in [-0.1, -0.05) is 19.0 Å². The number of hydrogen-bond acceptors (Lipinski definition) is 6. The highest BCUT2D eigenvalue weighted by Crippen LogP contribution is 2.35. The van der Waals surface area contributed by atoms with E-state index in [1.807, 2.05) is 0 Å². The molecule has 0 saturated carbocycles. The van der Waals surface area contributed by atoms with Gasteiger partial charge in [0.1, 0.15) is 0 Å². The fourth-order valence-electron chi connectivity index (χ4n) is 2.95. The summed E-state index contributed by atoms with van der Waals surface area (Å²) in [5, 5.41) is 4.02. The van der Waals surface area contributed by atoms with E-state index in [-0.39, 0.29) is 0 Å². The SMILES string of the molecule is CC(C)c1noc(N2CCC(C3(C)OCCO3)CC2)n1. The summed E-state index contributed by atoms with van der Waals surface area (Å²) in [5.74, 6) is 1.11. The topological polar surface area (TPSA) is 60.6 Å². The Morgan fingerprint density at radius 3 is 2.40 bits per heavy atom. The minimum atomic E-state index is -0.399. The molecule has 6 nitrogen and oxygen atoms in total. The Hall–Kier alpha value is -1.14. The maximum absolute atomic E-state index is 5.76. The van der Waals surface area contributed by atoms with Crippen molar-refractivity contribution in [2.45, 2.75) is 45.3 Å². The molecule has 20 heavy (non-hydrogen) atoms. The van der Waals surface area contributed by atoms with Crippen LogP contribution in [0.3, 0.4) is 0 Å². The van der Waals surface area contributed by atoms with E-state index < -0.39 is 5.79 Å². The highest BCUT2D eigenvalue weighted by atomic mass is 16.7. The zero-order chi connectivity index (χ0) is 14.2. The first-order chi connectivity index (χ1) is 9.58. The first-order valence-electron chi connectivity index (χ1n) is 7.45. The highest BCUT2D eigenvalue weighted by molar-refractivity contribution is 5.26. The van der Waals surface area contributed by atoms with Crippen LogP contribution in [0.1, 0.15) is 45.4 Å². The molecule has 0 spiro atoms. The lowest BCUT2D eigenvalue weighted by molar-refractivity contribution is -0.185. The smallest absolute Gasteiger partial charge is 0.324 e. The van der Waals surface area contributed by atoms with Crippen LogP contribution in [0, 0.1) is 5.92 Å². The van der Waals surface area contributed by atoms with Crippen LogP contribution in [0.2, 0.25) is 0 Å². The van der Waals surface area contributed by atoms with Gasteiger partial charge in [-0.05, 0) is 19.8 Å². The molecule has 0 aliphatic carbocycles. The Morgan fingerprint density at radius 1 is 1.20 bits per heavy atom. The summed E-state index contributed by atoms with van der Waals surface area (Å²) in [6.45, 7) is 9.42. The van der Waals surface area contributed by atoms with Crippen LogP contribution in [-0.4, -0.2) is 42.2 Å². The molecule has 0 amide bonds. The maximum atomic E-state index is 5.76. The van der Waals surface area contributed by atoms with Gasteiger partial charge < -0.3 is 18.9 Å². The Labute approximate surface area is 119 Å². The Bertz CT molecular complexity index is 446. The highest BCUT2D eigenvalue weighted by Gasteiger charge is 2.41. The number of rotatable bonds is 3. The number of hydrogen-bond donors (Lipinski definition) is 0. The van der Waals surface area contributed by atoms with Crippen LogP contribution in [0.25, 0.3) is 0 Å². The molecule has 0 radical (unpaired) electrons. The van der Waals surface area contributed by atoms with Crippen molar-refractivity contribution < 1.29 is 14.0 Å². The molecule has 112 valence electrons. The quantitative estimate of drug-likeness (QED) is 0.846. The zero-order valence-corrected chi connectivity index (χ0v) is 12.5. The summed E-state index contributed by atoms with van der Waals surface area (Å²) < 4.78 is 16.9. The molecule has 6 heteroatoms. The van der Waals surface area contributed by atoms with Crippen LogP contribution in [0.4, 0.5) is 6.01 Å². The van der Waals surface area contributed by atoms with Crippen LogP contribution < -0.4 is 4.90 Å². The lowest BCUT2D eigenvalue weighted by atomic mass is 9.89. The molecule has 3 rings (SSSR count). The van der Waals surface area contributed by atoms with Gasteiger partial charge in [0.25, 0.3) is 0 Å². The summed E-state index contributed by atoms with van der Waals surface area (Å²) >= 11 is 0. The van der Waals surface area contributed by atoms with Gasteiger partial charge in [-0.25, -0.2) is 0 Å². The summed E-state index contributed by atoms with van der Waals surface area (Å²) in [6.07, 6.45) is 2.05. The largest absolute Gasteiger partial charge is 0.348 e. The van der Waals surface area contributed by atoms with Crippen LogP contribution in [0.15, 0.2) is 4.52 Å². The van der Waals surface area contributed by atoms with Gasteiger partial charge in [-0.3, -0.25) is 0 Å². The zero-order valence-electron chi connectivity index (χ0n) is 12.5. The second-order valence-electron chi connectivity index (χ2n) is 6.06. The van der Waals surface area contributed by atoms with E-state index in [0.29, 0.717) is 31.1 Å². The molecule has 2 aliphatic rings. The Morgan fingerprint density at radius 2 is 1.85 bits per heavy atom. The molecule has 0 aromatic carbocycles. The van der Waals surface area contributed by atoms with Gasteiger partial charge >= 0.3 is 6.01 Å². The third kappa shape index (κ3) is 2.54. The van der Waals surface area contributed by atoms with Gasteiger partial charge in [-0.2, -0.15) is 4.98 Å². The molecule has 2 fully saturated rings. The van der Waals surface area contributed by atoms with Gasteiger partial charge in [0.2, 0.25) is 0 Å². The molecule has 3 heterocycles. The average Bonchev–Trinajstić information content (AvgIpc) is 3.08. The number of piperidine rings is 1. The first kappa shape index (κ1) is 13.8. The van der Waals surface area contributed by atoms with E-state index in [1.54, 1.807) is 0 Å². The molecule has 0 atom stereocenters. The van der Waals surface area contributed by atoms with Crippen molar-refractivity contribution >= 4 is 6.01 Å². The Kier molecular flexibility index (Phi) is 3.69. The van der Waals surface area contributed by atoms with Gasteiger partial charge in [0.15, 0.2) is 11.6 Å². The molecule has 0 N–H and O–H groups in total. The number of ether oxygens (including phenoxy) is 2. The van der Waals surface area contributed by atoms with Crippen molar-refractivity contribution in [3.05, 3.63) is 5.82 Å².